The van der Waals surface area contributed by atoms with Gasteiger partial charge in [0.15, 0.2) is 0 Å². The molecule has 2 atom stereocenters. The Morgan fingerprint density at radius 1 is 1.47 bits per heavy atom. The summed E-state index contributed by atoms with van der Waals surface area (Å²) in [4.78, 5) is 0. The van der Waals surface area contributed by atoms with Crippen LogP contribution in [0.25, 0.3) is 0 Å². The molecule has 1 aromatic carbocycles. The van der Waals surface area contributed by atoms with E-state index in [-0.39, 0.29) is 0 Å². The van der Waals surface area contributed by atoms with Crippen LogP contribution in [0.4, 0.5) is 5.69 Å². The standard InChI is InChI=1S/C13H15BrN2S/c1-17-13-7-3-6-12(13)16-11-5-2-4-10(14)9(11)8-15/h2,4-5,12-13,16H,3,6-7H2,1H3. The van der Waals surface area contributed by atoms with Gasteiger partial charge in [0.1, 0.15) is 6.07 Å². The van der Waals surface area contributed by atoms with Crippen LogP contribution in [0.5, 0.6) is 0 Å². The number of benzene rings is 1. The molecular weight excluding hydrogens is 296 g/mol. The van der Waals surface area contributed by atoms with Gasteiger partial charge in [0.2, 0.25) is 0 Å². The molecular formula is C13H15BrN2S. The van der Waals surface area contributed by atoms with Gasteiger partial charge in [-0.05, 0) is 47.2 Å². The van der Waals surface area contributed by atoms with E-state index in [4.69, 9.17) is 0 Å². The average Bonchev–Trinajstić information content (AvgIpc) is 2.77. The topological polar surface area (TPSA) is 35.8 Å². The molecule has 2 rings (SSSR count). The highest BCUT2D eigenvalue weighted by Gasteiger charge is 2.26. The lowest BCUT2D eigenvalue weighted by Gasteiger charge is -2.21. The van der Waals surface area contributed by atoms with Crippen molar-refractivity contribution in [2.75, 3.05) is 11.6 Å². The molecule has 4 heteroatoms. The van der Waals surface area contributed by atoms with E-state index in [0.29, 0.717) is 16.9 Å². The Morgan fingerprint density at radius 2 is 2.29 bits per heavy atom. The molecule has 0 aliphatic heterocycles. The first-order valence-corrected chi connectivity index (χ1v) is 7.82. The number of nitrogens with zero attached hydrogens (tertiary/aromatic N) is 1. The first-order chi connectivity index (χ1) is 8.26. The van der Waals surface area contributed by atoms with Crippen molar-refractivity contribution in [3.05, 3.63) is 28.2 Å². The van der Waals surface area contributed by atoms with Crippen molar-refractivity contribution in [1.82, 2.24) is 0 Å². The van der Waals surface area contributed by atoms with Gasteiger partial charge in [-0.2, -0.15) is 17.0 Å². The summed E-state index contributed by atoms with van der Waals surface area (Å²) in [6.07, 6.45) is 5.91. The lowest BCUT2D eigenvalue weighted by molar-refractivity contribution is 0.768. The maximum Gasteiger partial charge on any atom is 0.103 e. The second-order valence-electron chi connectivity index (χ2n) is 4.23. The molecule has 0 amide bonds. The Kier molecular flexibility index (Phi) is 4.36. The number of thioether (sulfide) groups is 1. The molecule has 0 heterocycles. The van der Waals surface area contributed by atoms with Crippen LogP contribution >= 0.6 is 27.7 Å². The minimum Gasteiger partial charge on any atom is -0.380 e. The van der Waals surface area contributed by atoms with Crippen molar-refractivity contribution in [3.8, 4) is 6.07 Å². The summed E-state index contributed by atoms with van der Waals surface area (Å²) < 4.78 is 0.865. The van der Waals surface area contributed by atoms with Crippen LogP contribution in [-0.4, -0.2) is 17.5 Å². The van der Waals surface area contributed by atoms with Crippen LogP contribution < -0.4 is 5.32 Å². The monoisotopic (exact) mass is 310 g/mol. The van der Waals surface area contributed by atoms with Gasteiger partial charge >= 0.3 is 0 Å². The molecule has 2 nitrogen and oxygen atoms in total. The summed E-state index contributed by atoms with van der Waals surface area (Å²) in [5, 5.41) is 13.4. The van der Waals surface area contributed by atoms with E-state index in [1.165, 1.54) is 19.3 Å². The number of nitriles is 1. The zero-order valence-electron chi connectivity index (χ0n) is 9.74. The van der Waals surface area contributed by atoms with Crippen molar-refractivity contribution < 1.29 is 0 Å². The lowest BCUT2D eigenvalue weighted by atomic mass is 10.1. The van der Waals surface area contributed by atoms with Crippen molar-refractivity contribution in [2.24, 2.45) is 0 Å². The van der Waals surface area contributed by atoms with Gasteiger partial charge in [0.05, 0.1) is 11.3 Å². The molecule has 1 aromatic rings. The molecule has 0 spiro atoms. The van der Waals surface area contributed by atoms with Crippen molar-refractivity contribution in [3.63, 3.8) is 0 Å². The molecule has 0 bridgehead atoms. The van der Waals surface area contributed by atoms with Crippen LogP contribution in [0, 0.1) is 11.3 Å². The van der Waals surface area contributed by atoms with E-state index in [9.17, 15) is 5.26 Å². The second kappa shape index (κ2) is 5.79. The third kappa shape index (κ3) is 2.78. The highest BCUT2D eigenvalue weighted by Crippen LogP contribution is 2.32. The van der Waals surface area contributed by atoms with Crippen molar-refractivity contribution in [2.45, 2.75) is 30.6 Å². The molecule has 0 aromatic heterocycles. The zero-order chi connectivity index (χ0) is 12.3. The van der Waals surface area contributed by atoms with Crippen molar-refractivity contribution in [1.29, 1.82) is 5.26 Å². The Hall–Kier alpha value is -0.660. The van der Waals surface area contributed by atoms with Gasteiger partial charge in [0, 0.05) is 15.8 Å². The highest BCUT2D eigenvalue weighted by atomic mass is 79.9. The SMILES string of the molecule is CSC1CCCC1Nc1cccc(Br)c1C#N. The third-order valence-electron chi connectivity index (χ3n) is 3.22. The smallest absolute Gasteiger partial charge is 0.103 e. The summed E-state index contributed by atoms with van der Waals surface area (Å²) in [5.41, 5.74) is 1.66. The summed E-state index contributed by atoms with van der Waals surface area (Å²) in [5.74, 6) is 0. The molecule has 17 heavy (non-hydrogen) atoms. The fourth-order valence-corrected chi connectivity index (χ4v) is 3.72. The molecule has 1 fully saturated rings. The predicted molar refractivity (Wildman–Crippen MR) is 77.4 cm³/mol. The van der Waals surface area contributed by atoms with E-state index in [1.807, 2.05) is 30.0 Å². The molecule has 1 saturated carbocycles. The number of halogens is 1. The highest BCUT2D eigenvalue weighted by molar-refractivity contribution is 9.10. The Bertz CT molecular complexity index is 442. The van der Waals surface area contributed by atoms with Crippen LogP contribution in [-0.2, 0) is 0 Å². The van der Waals surface area contributed by atoms with Crippen molar-refractivity contribution >= 4 is 33.4 Å². The van der Waals surface area contributed by atoms with Gasteiger partial charge in [0.25, 0.3) is 0 Å². The summed E-state index contributed by atoms with van der Waals surface area (Å²) in [6, 6.07) is 8.61. The number of nitrogens with one attached hydrogen (secondary N) is 1. The van der Waals surface area contributed by atoms with Gasteiger partial charge in [-0.1, -0.05) is 12.5 Å². The summed E-state index contributed by atoms with van der Waals surface area (Å²) in [6.45, 7) is 0. The fraction of sp³-hybridized carbons (Fsp3) is 0.462. The van der Waals surface area contributed by atoms with Gasteiger partial charge in [-0.15, -0.1) is 0 Å². The number of hydrogen-bond acceptors (Lipinski definition) is 3. The van der Waals surface area contributed by atoms with Gasteiger partial charge in [-0.25, -0.2) is 0 Å². The molecule has 1 N–H and O–H groups in total. The van der Waals surface area contributed by atoms with Gasteiger partial charge in [-0.3, -0.25) is 0 Å². The van der Waals surface area contributed by atoms with Gasteiger partial charge < -0.3 is 5.32 Å². The normalized spacial score (nSPS) is 23.4. The largest absolute Gasteiger partial charge is 0.380 e. The maximum atomic E-state index is 9.17. The van der Waals surface area contributed by atoms with E-state index in [0.717, 1.165) is 10.2 Å². The average molecular weight is 311 g/mol. The molecule has 90 valence electrons. The number of anilines is 1. The van der Waals surface area contributed by atoms with Crippen LogP contribution in [0.3, 0.4) is 0 Å². The Labute approximate surface area is 115 Å². The van der Waals surface area contributed by atoms with Crippen LogP contribution in [0.15, 0.2) is 22.7 Å². The second-order valence-corrected chi connectivity index (χ2v) is 6.16. The molecule has 0 saturated heterocycles. The lowest BCUT2D eigenvalue weighted by Crippen LogP contribution is -2.26. The van der Waals surface area contributed by atoms with Crippen LogP contribution in [0.1, 0.15) is 24.8 Å². The molecule has 1 aliphatic rings. The van der Waals surface area contributed by atoms with Crippen LogP contribution in [0.2, 0.25) is 0 Å². The maximum absolute atomic E-state index is 9.17. The zero-order valence-corrected chi connectivity index (χ0v) is 12.1. The first kappa shape index (κ1) is 12.8. The number of rotatable bonds is 3. The summed E-state index contributed by atoms with van der Waals surface area (Å²) >= 11 is 5.34. The fourth-order valence-electron chi connectivity index (χ4n) is 2.33. The van der Waals surface area contributed by atoms with E-state index in [1.54, 1.807) is 0 Å². The summed E-state index contributed by atoms with van der Waals surface area (Å²) in [7, 11) is 0. The predicted octanol–water partition coefficient (Wildman–Crippen LogP) is 4.02. The molecule has 0 radical (unpaired) electrons. The molecule has 1 aliphatic carbocycles. The number of hydrogen-bond donors (Lipinski definition) is 1. The quantitative estimate of drug-likeness (QED) is 0.916. The minimum absolute atomic E-state index is 0.492. The first-order valence-electron chi connectivity index (χ1n) is 5.74. The molecule has 2 unspecified atom stereocenters. The minimum atomic E-state index is 0.492. The van der Waals surface area contributed by atoms with E-state index >= 15 is 0 Å². The Balaban J connectivity index is 2.19. The Morgan fingerprint density at radius 3 is 3.00 bits per heavy atom. The van der Waals surface area contributed by atoms with E-state index in [2.05, 4.69) is 33.6 Å². The van der Waals surface area contributed by atoms with E-state index < -0.39 is 0 Å². The third-order valence-corrected chi connectivity index (χ3v) is 5.05.